The molecule has 0 N–H and O–H groups in total. The van der Waals surface area contributed by atoms with Crippen LogP contribution in [-0.4, -0.2) is 30.2 Å². The summed E-state index contributed by atoms with van der Waals surface area (Å²) in [5.41, 5.74) is 0. The first-order valence-corrected chi connectivity index (χ1v) is 3.82. The third-order valence-corrected chi connectivity index (χ3v) is 2.16. The second kappa shape index (κ2) is 3.01. The van der Waals surface area contributed by atoms with Crippen molar-refractivity contribution in [2.45, 2.75) is 32.0 Å². The molecule has 1 heterocycles. The molecule has 0 aliphatic carbocycles. The van der Waals surface area contributed by atoms with E-state index in [4.69, 9.17) is 0 Å². The van der Waals surface area contributed by atoms with Gasteiger partial charge in [-0.25, -0.2) is 0 Å². The molecule has 0 amide bonds. The minimum Gasteiger partial charge on any atom is -0.292 e. The molecule has 0 spiro atoms. The van der Waals surface area contributed by atoms with Gasteiger partial charge < -0.3 is 0 Å². The van der Waals surface area contributed by atoms with Gasteiger partial charge in [-0.05, 0) is 32.9 Å². The van der Waals surface area contributed by atoms with Gasteiger partial charge >= 0.3 is 6.18 Å². The van der Waals surface area contributed by atoms with Gasteiger partial charge in [0.15, 0.2) is 0 Å². The Labute approximate surface area is 64.2 Å². The van der Waals surface area contributed by atoms with E-state index in [1.165, 1.54) is 11.8 Å². The van der Waals surface area contributed by atoms with Crippen molar-refractivity contribution in [1.29, 1.82) is 0 Å². The van der Waals surface area contributed by atoms with Gasteiger partial charge in [-0.1, -0.05) is 0 Å². The summed E-state index contributed by atoms with van der Waals surface area (Å²) in [7, 11) is 0. The lowest BCUT2D eigenvalue weighted by atomic mass is 10.3. The van der Waals surface area contributed by atoms with Crippen LogP contribution in [0.25, 0.3) is 0 Å². The van der Waals surface area contributed by atoms with Crippen molar-refractivity contribution in [3.63, 3.8) is 0 Å². The fourth-order valence-corrected chi connectivity index (χ4v) is 1.34. The summed E-state index contributed by atoms with van der Waals surface area (Å²) in [4.78, 5) is 1.49. The van der Waals surface area contributed by atoms with E-state index >= 15 is 0 Å². The second-order valence-corrected chi connectivity index (χ2v) is 2.96. The van der Waals surface area contributed by atoms with Crippen LogP contribution in [0.2, 0.25) is 0 Å². The first-order chi connectivity index (χ1) is 5.02. The molecular weight excluding hydrogens is 155 g/mol. The molecule has 0 aromatic heterocycles. The lowest BCUT2D eigenvalue weighted by molar-refractivity contribution is -0.175. The third kappa shape index (κ3) is 2.09. The molecule has 1 unspecified atom stereocenters. The smallest absolute Gasteiger partial charge is 0.292 e. The van der Waals surface area contributed by atoms with E-state index < -0.39 is 12.2 Å². The molecular formula is C7H12F3N. The predicted molar refractivity (Wildman–Crippen MR) is 36.3 cm³/mol. The first kappa shape index (κ1) is 8.84. The molecule has 1 aliphatic heterocycles. The Morgan fingerprint density at radius 2 is 1.64 bits per heavy atom. The Bertz CT molecular complexity index is 126. The fourth-order valence-electron chi connectivity index (χ4n) is 1.34. The summed E-state index contributed by atoms with van der Waals surface area (Å²) in [5, 5.41) is 0. The summed E-state index contributed by atoms with van der Waals surface area (Å²) in [6.45, 7) is 2.42. The molecule has 1 saturated heterocycles. The SMILES string of the molecule is CC(N1CCCC1)C(F)(F)F. The Kier molecular flexibility index (Phi) is 2.42. The average Bonchev–Trinajstić information content (AvgIpc) is 2.34. The van der Waals surface area contributed by atoms with Crippen molar-refractivity contribution in [3.05, 3.63) is 0 Å². The summed E-state index contributed by atoms with van der Waals surface area (Å²) in [6, 6.07) is -1.26. The average molecular weight is 167 g/mol. The zero-order valence-electron chi connectivity index (χ0n) is 6.49. The van der Waals surface area contributed by atoms with E-state index in [2.05, 4.69) is 0 Å². The highest BCUT2D eigenvalue weighted by Crippen LogP contribution is 2.26. The summed E-state index contributed by atoms with van der Waals surface area (Å²) in [5.74, 6) is 0. The van der Waals surface area contributed by atoms with Crippen LogP contribution < -0.4 is 0 Å². The van der Waals surface area contributed by atoms with E-state index in [1.54, 1.807) is 0 Å². The van der Waals surface area contributed by atoms with E-state index in [0.717, 1.165) is 12.8 Å². The number of hydrogen-bond acceptors (Lipinski definition) is 1. The molecule has 66 valence electrons. The Morgan fingerprint density at radius 1 is 1.18 bits per heavy atom. The van der Waals surface area contributed by atoms with Gasteiger partial charge in [0.25, 0.3) is 0 Å². The van der Waals surface area contributed by atoms with Crippen LogP contribution >= 0.6 is 0 Å². The normalized spacial score (nSPS) is 24.0. The molecule has 1 nitrogen and oxygen atoms in total. The number of nitrogens with zero attached hydrogens (tertiary/aromatic N) is 1. The zero-order valence-corrected chi connectivity index (χ0v) is 6.49. The molecule has 11 heavy (non-hydrogen) atoms. The number of hydrogen-bond donors (Lipinski definition) is 0. The maximum absolute atomic E-state index is 12.1. The standard InChI is InChI=1S/C7H12F3N/c1-6(7(8,9)10)11-4-2-3-5-11/h6H,2-5H2,1H3. The molecule has 0 aromatic rings. The molecule has 0 aromatic carbocycles. The minimum atomic E-state index is -4.05. The first-order valence-electron chi connectivity index (χ1n) is 3.82. The van der Waals surface area contributed by atoms with Crippen LogP contribution in [0.4, 0.5) is 13.2 Å². The largest absolute Gasteiger partial charge is 0.403 e. The molecule has 1 atom stereocenters. The quantitative estimate of drug-likeness (QED) is 0.577. The topological polar surface area (TPSA) is 3.24 Å². The molecule has 1 fully saturated rings. The molecule has 0 saturated carbocycles. The maximum Gasteiger partial charge on any atom is 0.403 e. The van der Waals surface area contributed by atoms with Gasteiger partial charge in [-0.15, -0.1) is 0 Å². The zero-order chi connectivity index (χ0) is 8.48. The van der Waals surface area contributed by atoms with Crippen LogP contribution in [0.15, 0.2) is 0 Å². The van der Waals surface area contributed by atoms with Crippen molar-refractivity contribution in [2.75, 3.05) is 13.1 Å². The van der Waals surface area contributed by atoms with E-state index in [9.17, 15) is 13.2 Å². The molecule has 4 heteroatoms. The lowest BCUT2D eigenvalue weighted by Gasteiger charge is -2.25. The molecule has 1 aliphatic rings. The van der Waals surface area contributed by atoms with E-state index in [-0.39, 0.29) is 0 Å². The van der Waals surface area contributed by atoms with Crippen molar-refractivity contribution in [3.8, 4) is 0 Å². The van der Waals surface area contributed by atoms with Crippen molar-refractivity contribution in [2.24, 2.45) is 0 Å². The highest BCUT2D eigenvalue weighted by molar-refractivity contribution is 4.77. The predicted octanol–water partition coefficient (Wildman–Crippen LogP) is 2.03. The Hall–Kier alpha value is -0.250. The van der Waals surface area contributed by atoms with Gasteiger partial charge in [0, 0.05) is 0 Å². The van der Waals surface area contributed by atoms with Gasteiger partial charge in [-0.3, -0.25) is 4.90 Å². The Balaban J connectivity index is 2.46. The Morgan fingerprint density at radius 3 is 2.00 bits per heavy atom. The van der Waals surface area contributed by atoms with E-state index in [1.807, 2.05) is 0 Å². The lowest BCUT2D eigenvalue weighted by Crippen LogP contribution is -2.41. The molecule has 0 bridgehead atoms. The van der Waals surface area contributed by atoms with Gasteiger partial charge in [0.05, 0.1) is 0 Å². The minimum absolute atomic E-state index is 0.598. The number of likely N-dealkylation sites (tertiary alicyclic amines) is 1. The number of rotatable bonds is 1. The second-order valence-electron chi connectivity index (χ2n) is 2.96. The summed E-state index contributed by atoms with van der Waals surface area (Å²) >= 11 is 0. The van der Waals surface area contributed by atoms with Gasteiger partial charge in [-0.2, -0.15) is 13.2 Å². The monoisotopic (exact) mass is 167 g/mol. The molecule has 0 radical (unpaired) electrons. The van der Waals surface area contributed by atoms with E-state index in [0.29, 0.717) is 13.1 Å². The summed E-state index contributed by atoms with van der Waals surface area (Å²) in [6.07, 6.45) is -2.24. The van der Waals surface area contributed by atoms with Crippen LogP contribution in [0, 0.1) is 0 Å². The molecule has 1 rings (SSSR count). The van der Waals surface area contributed by atoms with Crippen LogP contribution in [0.1, 0.15) is 19.8 Å². The van der Waals surface area contributed by atoms with Crippen LogP contribution in [-0.2, 0) is 0 Å². The highest BCUT2D eigenvalue weighted by atomic mass is 19.4. The van der Waals surface area contributed by atoms with Crippen molar-refractivity contribution in [1.82, 2.24) is 4.90 Å². The van der Waals surface area contributed by atoms with Crippen molar-refractivity contribution < 1.29 is 13.2 Å². The third-order valence-electron chi connectivity index (χ3n) is 2.16. The summed E-state index contributed by atoms with van der Waals surface area (Å²) < 4.78 is 36.2. The maximum atomic E-state index is 12.1. The number of halogens is 3. The van der Waals surface area contributed by atoms with Gasteiger partial charge in [0.2, 0.25) is 0 Å². The highest BCUT2D eigenvalue weighted by Gasteiger charge is 2.40. The van der Waals surface area contributed by atoms with Gasteiger partial charge in [0.1, 0.15) is 6.04 Å². The van der Waals surface area contributed by atoms with Crippen LogP contribution in [0.5, 0.6) is 0 Å². The van der Waals surface area contributed by atoms with Crippen molar-refractivity contribution >= 4 is 0 Å². The van der Waals surface area contributed by atoms with Crippen LogP contribution in [0.3, 0.4) is 0 Å². The fraction of sp³-hybridized carbons (Fsp3) is 1.00. The number of alkyl halides is 3.